The molecule has 1 spiro atoms. The topological polar surface area (TPSA) is 72.9 Å². The SMILES string of the molecule is COc1ccc([C@@H]2[C@H](C(=O)c3ccc(Cl)cc3)N3c4ccccc4C=C[C@@H]3C23C(=O)c2ccccc2C3=O)cc1OC. The summed E-state index contributed by atoms with van der Waals surface area (Å²) in [4.78, 5) is 46.2. The monoisotopic (exact) mass is 575 g/mol. The van der Waals surface area contributed by atoms with E-state index >= 15 is 0 Å². The van der Waals surface area contributed by atoms with E-state index < -0.39 is 23.4 Å². The number of carbonyl (C=O) groups is 3. The van der Waals surface area contributed by atoms with Crippen LogP contribution in [0.5, 0.6) is 11.5 Å². The van der Waals surface area contributed by atoms with E-state index in [1.165, 1.54) is 7.11 Å². The molecule has 3 atom stereocenters. The first-order valence-corrected chi connectivity index (χ1v) is 14.1. The Bertz CT molecular complexity index is 1780. The van der Waals surface area contributed by atoms with Crippen LogP contribution >= 0.6 is 11.6 Å². The number of carbonyl (C=O) groups excluding carboxylic acids is 3. The van der Waals surface area contributed by atoms with E-state index in [1.807, 2.05) is 47.4 Å². The summed E-state index contributed by atoms with van der Waals surface area (Å²) >= 11 is 6.18. The van der Waals surface area contributed by atoms with Gasteiger partial charge in [-0.15, -0.1) is 0 Å². The summed E-state index contributed by atoms with van der Waals surface area (Å²) in [5.41, 5.74) is 1.92. The highest BCUT2D eigenvalue weighted by Crippen LogP contribution is 2.61. The summed E-state index contributed by atoms with van der Waals surface area (Å²) in [6, 6.07) is 25.2. The molecule has 1 aliphatic carbocycles. The van der Waals surface area contributed by atoms with Gasteiger partial charge in [-0.25, -0.2) is 0 Å². The summed E-state index contributed by atoms with van der Waals surface area (Å²) < 4.78 is 11.1. The van der Waals surface area contributed by atoms with Crippen LogP contribution in [0.1, 0.15) is 48.1 Å². The number of nitrogens with zero attached hydrogens (tertiary/aromatic N) is 1. The molecule has 1 fully saturated rings. The van der Waals surface area contributed by atoms with Gasteiger partial charge in [-0.2, -0.15) is 0 Å². The van der Waals surface area contributed by atoms with E-state index in [2.05, 4.69) is 0 Å². The maximum absolute atomic E-state index is 14.7. The highest BCUT2D eigenvalue weighted by molar-refractivity contribution is 6.32. The molecule has 42 heavy (non-hydrogen) atoms. The minimum atomic E-state index is -1.60. The fraction of sp³-hybridized carbons (Fsp3) is 0.171. The van der Waals surface area contributed by atoms with Crippen molar-refractivity contribution in [2.45, 2.75) is 18.0 Å². The fourth-order valence-corrected chi connectivity index (χ4v) is 7.25. The Morgan fingerprint density at radius 2 is 1.45 bits per heavy atom. The number of hydrogen-bond acceptors (Lipinski definition) is 6. The minimum Gasteiger partial charge on any atom is -0.493 e. The first-order valence-electron chi connectivity index (χ1n) is 13.7. The molecule has 2 aliphatic heterocycles. The number of anilines is 1. The van der Waals surface area contributed by atoms with E-state index in [4.69, 9.17) is 21.1 Å². The number of rotatable bonds is 5. The summed E-state index contributed by atoms with van der Waals surface area (Å²) in [7, 11) is 3.08. The summed E-state index contributed by atoms with van der Waals surface area (Å²) in [6.07, 6.45) is 3.86. The van der Waals surface area contributed by atoms with Crippen molar-refractivity contribution in [3.8, 4) is 11.5 Å². The highest BCUT2D eigenvalue weighted by Gasteiger charge is 2.71. The zero-order chi connectivity index (χ0) is 29.2. The zero-order valence-corrected chi connectivity index (χ0v) is 23.7. The minimum absolute atomic E-state index is 0.213. The first-order chi connectivity index (χ1) is 20.4. The van der Waals surface area contributed by atoms with Gasteiger partial charge in [-0.3, -0.25) is 14.4 Å². The number of Topliss-reactive ketones (excluding diaryl/α,β-unsaturated/α-hetero) is 3. The number of benzene rings is 4. The maximum atomic E-state index is 14.7. The molecule has 4 aromatic rings. The molecule has 1 saturated heterocycles. The van der Waals surface area contributed by atoms with Gasteiger partial charge in [0.2, 0.25) is 0 Å². The third-order valence-corrected chi connectivity index (χ3v) is 9.13. The molecule has 0 N–H and O–H groups in total. The average molecular weight is 576 g/mol. The van der Waals surface area contributed by atoms with Crippen LogP contribution in [0.25, 0.3) is 6.08 Å². The van der Waals surface area contributed by atoms with Crippen LogP contribution in [0.15, 0.2) is 97.1 Å². The predicted molar refractivity (Wildman–Crippen MR) is 161 cm³/mol. The number of halogens is 1. The smallest absolute Gasteiger partial charge is 0.185 e. The van der Waals surface area contributed by atoms with Crippen molar-refractivity contribution in [1.29, 1.82) is 0 Å². The van der Waals surface area contributed by atoms with Crippen molar-refractivity contribution in [2.75, 3.05) is 19.1 Å². The van der Waals surface area contributed by atoms with Gasteiger partial charge < -0.3 is 14.4 Å². The van der Waals surface area contributed by atoms with Crippen molar-refractivity contribution >= 4 is 40.7 Å². The van der Waals surface area contributed by atoms with Crippen LogP contribution in [0.3, 0.4) is 0 Å². The van der Waals surface area contributed by atoms with E-state index in [9.17, 15) is 14.4 Å². The maximum Gasteiger partial charge on any atom is 0.185 e. The second kappa shape index (κ2) is 9.71. The second-order valence-electron chi connectivity index (χ2n) is 10.8. The molecular formula is C35H26ClNO5. The molecule has 6 nitrogen and oxygen atoms in total. The number of fused-ring (bicyclic) bond motifs is 5. The largest absolute Gasteiger partial charge is 0.493 e. The Labute approximate surface area is 248 Å². The van der Waals surface area contributed by atoms with Crippen LogP contribution in [0.4, 0.5) is 5.69 Å². The number of para-hydroxylation sites is 1. The standard InChI is InChI=1S/C35H26ClNO5/c1-41-27-17-13-22(19-28(27)42-2)30-31(32(38)21-11-15-23(36)16-12-21)37-26-10-6-3-7-20(26)14-18-29(37)35(30)33(39)24-8-4-5-9-25(24)34(35)40/h3-19,29-31H,1-2H3/t29-,30-,31-/m1/s1. The van der Waals surface area contributed by atoms with Crippen molar-refractivity contribution in [2.24, 2.45) is 5.41 Å². The van der Waals surface area contributed by atoms with Crippen LogP contribution in [-0.4, -0.2) is 43.7 Å². The Morgan fingerprint density at radius 1 is 0.810 bits per heavy atom. The summed E-state index contributed by atoms with van der Waals surface area (Å²) in [6.45, 7) is 0. The number of hydrogen-bond donors (Lipinski definition) is 0. The molecular weight excluding hydrogens is 550 g/mol. The third kappa shape index (κ3) is 3.48. The molecule has 0 amide bonds. The van der Waals surface area contributed by atoms with E-state index in [0.717, 1.165) is 11.3 Å². The van der Waals surface area contributed by atoms with Crippen LogP contribution < -0.4 is 14.4 Å². The van der Waals surface area contributed by atoms with Crippen LogP contribution in [0.2, 0.25) is 5.02 Å². The molecule has 0 bridgehead atoms. The van der Waals surface area contributed by atoms with Gasteiger partial charge in [0, 0.05) is 33.3 Å². The van der Waals surface area contributed by atoms with E-state index in [-0.39, 0.29) is 17.3 Å². The molecule has 0 saturated carbocycles. The molecule has 7 heteroatoms. The lowest BCUT2D eigenvalue weighted by molar-refractivity contribution is 0.0665. The summed E-state index contributed by atoms with van der Waals surface area (Å²) in [5.74, 6) is -0.686. The number of ether oxygens (including phenoxy) is 2. The Morgan fingerprint density at radius 3 is 2.12 bits per heavy atom. The van der Waals surface area contributed by atoms with Gasteiger partial charge in [-0.1, -0.05) is 72.3 Å². The Balaban J connectivity index is 1.55. The summed E-state index contributed by atoms with van der Waals surface area (Å²) in [5, 5.41) is 0.506. The van der Waals surface area contributed by atoms with Gasteiger partial charge in [0.05, 0.1) is 20.3 Å². The molecule has 3 aliphatic rings. The molecule has 0 radical (unpaired) electrons. The van der Waals surface area contributed by atoms with E-state index in [1.54, 1.807) is 67.8 Å². The van der Waals surface area contributed by atoms with Gasteiger partial charge in [0.15, 0.2) is 28.8 Å². The molecule has 4 aromatic carbocycles. The van der Waals surface area contributed by atoms with Gasteiger partial charge in [0.1, 0.15) is 11.5 Å². The third-order valence-electron chi connectivity index (χ3n) is 8.88. The van der Waals surface area contributed by atoms with Crippen molar-refractivity contribution in [3.63, 3.8) is 0 Å². The molecule has 208 valence electrons. The predicted octanol–water partition coefficient (Wildman–Crippen LogP) is 6.67. The van der Waals surface area contributed by atoms with E-state index in [0.29, 0.717) is 38.8 Å². The number of ketones is 3. The van der Waals surface area contributed by atoms with Gasteiger partial charge in [0.25, 0.3) is 0 Å². The van der Waals surface area contributed by atoms with Crippen molar-refractivity contribution < 1.29 is 23.9 Å². The van der Waals surface area contributed by atoms with Crippen LogP contribution in [-0.2, 0) is 0 Å². The molecule has 0 unspecified atom stereocenters. The van der Waals surface area contributed by atoms with Crippen molar-refractivity contribution in [3.05, 3.63) is 130 Å². The quantitative estimate of drug-likeness (QED) is 0.195. The average Bonchev–Trinajstić information content (AvgIpc) is 3.47. The molecule has 0 aromatic heterocycles. The lowest BCUT2D eigenvalue weighted by Gasteiger charge is -2.37. The highest BCUT2D eigenvalue weighted by atomic mass is 35.5. The lowest BCUT2D eigenvalue weighted by Crippen LogP contribution is -2.48. The molecule has 7 rings (SSSR count). The van der Waals surface area contributed by atoms with Gasteiger partial charge in [-0.05, 0) is 53.6 Å². The first kappa shape index (κ1) is 26.2. The Kier molecular flexibility index (Phi) is 6.06. The van der Waals surface area contributed by atoms with Crippen molar-refractivity contribution in [1.82, 2.24) is 0 Å². The van der Waals surface area contributed by atoms with Gasteiger partial charge >= 0.3 is 0 Å². The molecule has 2 heterocycles. The second-order valence-corrected chi connectivity index (χ2v) is 11.2. The Hall–Kier alpha value is -4.68. The normalized spacial score (nSPS) is 21.2. The zero-order valence-electron chi connectivity index (χ0n) is 22.9. The fourth-order valence-electron chi connectivity index (χ4n) is 7.12. The van der Waals surface area contributed by atoms with Crippen LogP contribution in [0, 0.1) is 5.41 Å². The lowest BCUT2D eigenvalue weighted by atomic mass is 9.64. The number of methoxy groups -OCH3 is 2.